The number of nitrogens with two attached hydrogens (primary N) is 1. The molecule has 0 spiro atoms. The molecule has 9 nitrogen and oxygen atoms in total. The maximum atomic E-state index is 11.8. The van der Waals surface area contributed by atoms with Crippen molar-refractivity contribution in [2.75, 3.05) is 13.7 Å². The number of carboxylic acid groups (broad SMARTS) is 1. The minimum Gasteiger partial charge on any atom is -0.480 e. The second-order valence-corrected chi connectivity index (χ2v) is 5.24. The SMILES string of the molecule is COC(=O)/C=C/C(=O)NC[C@H](NC(=O)[C@H](N)CC(C)C)C(=O)O. The van der Waals surface area contributed by atoms with Crippen molar-refractivity contribution in [3.05, 3.63) is 12.2 Å². The van der Waals surface area contributed by atoms with Crippen molar-refractivity contribution in [3.8, 4) is 0 Å². The highest BCUT2D eigenvalue weighted by Crippen LogP contribution is 2.02. The molecule has 0 saturated carbocycles. The summed E-state index contributed by atoms with van der Waals surface area (Å²) in [7, 11) is 1.15. The Labute approximate surface area is 134 Å². The van der Waals surface area contributed by atoms with Crippen LogP contribution in [0.25, 0.3) is 0 Å². The summed E-state index contributed by atoms with van der Waals surface area (Å²) in [5, 5.41) is 13.6. The lowest BCUT2D eigenvalue weighted by Crippen LogP contribution is -2.53. The number of nitrogens with one attached hydrogen (secondary N) is 2. The fourth-order valence-electron chi connectivity index (χ4n) is 1.57. The maximum absolute atomic E-state index is 11.8. The Morgan fingerprint density at radius 2 is 1.83 bits per heavy atom. The molecule has 130 valence electrons. The molecular weight excluding hydrogens is 306 g/mol. The third-order valence-corrected chi connectivity index (χ3v) is 2.73. The molecular formula is C14H23N3O6. The summed E-state index contributed by atoms with van der Waals surface area (Å²) in [5.74, 6) is -3.15. The number of aliphatic carboxylic acids is 1. The van der Waals surface area contributed by atoms with Gasteiger partial charge in [0.1, 0.15) is 6.04 Å². The summed E-state index contributed by atoms with van der Waals surface area (Å²) in [5.41, 5.74) is 5.66. The summed E-state index contributed by atoms with van der Waals surface area (Å²) < 4.78 is 4.30. The van der Waals surface area contributed by atoms with Crippen molar-refractivity contribution >= 4 is 23.8 Å². The molecule has 0 heterocycles. The van der Waals surface area contributed by atoms with Crippen molar-refractivity contribution in [2.45, 2.75) is 32.4 Å². The average Bonchev–Trinajstić information content (AvgIpc) is 2.47. The first-order valence-corrected chi connectivity index (χ1v) is 7.00. The highest BCUT2D eigenvalue weighted by atomic mass is 16.5. The van der Waals surface area contributed by atoms with Crippen molar-refractivity contribution in [2.24, 2.45) is 11.7 Å². The van der Waals surface area contributed by atoms with E-state index in [4.69, 9.17) is 10.8 Å². The average molecular weight is 329 g/mol. The van der Waals surface area contributed by atoms with Gasteiger partial charge < -0.3 is 26.2 Å². The van der Waals surface area contributed by atoms with Gasteiger partial charge in [0.05, 0.1) is 13.2 Å². The Morgan fingerprint density at radius 1 is 1.22 bits per heavy atom. The smallest absolute Gasteiger partial charge is 0.330 e. The van der Waals surface area contributed by atoms with Crippen LogP contribution < -0.4 is 16.4 Å². The van der Waals surface area contributed by atoms with Gasteiger partial charge in [-0.1, -0.05) is 13.8 Å². The molecule has 0 aliphatic carbocycles. The largest absolute Gasteiger partial charge is 0.480 e. The van der Waals surface area contributed by atoms with Gasteiger partial charge in [-0.15, -0.1) is 0 Å². The van der Waals surface area contributed by atoms with Crippen molar-refractivity contribution in [1.29, 1.82) is 0 Å². The van der Waals surface area contributed by atoms with E-state index < -0.39 is 35.8 Å². The van der Waals surface area contributed by atoms with Crippen LogP contribution in [0.2, 0.25) is 0 Å². The number of amides is 2. The van der Waals surface area contributed by atoms with Crippen LogP contribution in [0.15, 0.2) is 12.2 Å². The molecule has 0 aromatic rings. The van der Waals surface area contributed by atoms with E-state index in [0.29, 0.717) is 6.42 Å². The van der Waals surface area contributed by atoms with E-state index in [-0.39, 0.29) is 12.5 Å². The van der Waals surface area contributed by atoms with Gasteiger partial charge in [0.2, 0.25) is 11.8 Å². The Balaban J connectivity index is 4.50. The zero-order chi connectivity index (χ0) is 18.0. The number of methoxy groups -OCH3 is 1. The van der Waals surface area contributed by atoms with Gasteiger partial charge in [0.25, 0.3) is 0 Å². The van der Waals surface area contributed by atoms with Gasteiger partial charge in [-0.2, -0.15) is 0 Å². The van der Waals surface area contributed by atoms with Crippen molar-refractivity contribution in [3.63, 3.8) is 0 Å². The molecule has 9 heteroatoms. The molecule has 0 aliphatic rings. The number of carbonyl (C=O) groups excluding carboxylic acids is 3. The number of carboxylic acids is 1. The molecule has 0 fully saturated rings. The van der Waals surface area contributed by atoms with E-state index in [1.807, 2.05) is 13.8 Å². The number of carbonyl (C=O) groups is 4. The van der Waals surface area contributed by atoms with Crippen LogP contribution in [-0.4, -0.2) is 54.6 Å². The highest BCUT2D eigenvalue weighted by Gasteiger charge is 2.23. The fraction of sp³-hybridized carbons (Fsp3) is 0.571. The van der Waals surface area contributed by atoms with Gasteiger partial charge in [0, 0.05) is 18.7 Å². The predicted molar refractivity (Wildman–Crippen MR) is 81.2 cm³/mol. The van der Waals surface area contributed by atoms with E-state index in [0.717, 1.165) is 19.3 Å². The first-order chi connectivity index (χ1) is 10.7. The summed E-state index contributed by atoms with van der Waals surface area (Å²) in [6, 6.07) is -2.15. The van der Waals surface area contributed by atoms with Crippen LogP contribution >= 0.6 is 0 Å². The summed E-state index contributed by atoms with van der Waals surface area (Å²) in [6.45, 7) is 3.42. The third-order valence-electron chi connectivity index (χ3n) is 2.73. The number of rotatable bonds is 9. The zero-order valence-electron chi connectivity index (χ0n) is 13.4. The van der Waals surface area contributed by atoms with E-state index in [1.165, 1.54) is 0 Å². The highest BCUT2D eigenvalue weighted by molar-refractivity contribution is 5.95. The van der Waals surface area contributed by atoms with Gasteiger partial charge >= 0.3 is 11.9 Å². The van der Waals surface area contributed by atoms with E-state index in [1.54, 1.807) is 0 Å². The lowest BCUT2D eigenvalue weighted by Gasteiger charge is -2.19. The first kappa shape index (κ1) is 20.6. The van der Waals surface area contributed by atoms with Gasteiger partial charge in [-0.25, -0.2) is 9.59 Å². The second-order valence-electron chi connectivity index (χ2n) is 5.24. The minimum atomic E-state index is -1.32. The third kappa shape index (κ3) is 9.25. The normalized spacial score (nSPS) is 13.4. The molecule has 0 saturated heterocycles. The van der Waals surface area contributed by atoms with Crippen molar-refractivity contribution < 1.29 is 29.0 Å². The van der Waals surface area contributed by atoms with Gasteiger partial charge in [-0.05, 0) is 12.3 Å². The number of esters is 1. The zero-order valence-corrected chi connectivity index (χ0v) is 13.4. The number of hydrogen-bond donors (Lipinski definition) is 4. The number of hydrogen-bond acceptors (Lipinski definition) is 6. The topological polar surface area (TPSA) is 148 Å². The van der Waals surface area contributed by atoms with E-state index in [9.17, 15) is 19.2 Å². The first-order valence-electron chi connectivity index (χ1n) is 7.00. The molecule has 0 bridgehead atoms. The Bertz CT molecular complexity index is 475. The number of ether oxygens (including phenoxy) is 1. The monoisotopic (exact) mass is 329 g/mol. The van der Waals surface area contributed by atoms with Crippen LogP contribution in [0.3, 0.4) is 0 Å². The van der Waals surface area contributed by atoms with Crippen molar-refractivity contribution in [1.82, 2.24) is 10.6 Å². The molecule has 0 unspecified atom stereocenters. The molecule has 5 N–H and O–H groups in total. The van der Waals surface area contributed by atoms with Crippen LogP contribution in [0.4, 0.5) is 0 Å². The second kappa shape index (κ2) is 10.3. The Kier molecular flexibility index (Phi) is 9.24. The summed E-state index contributed by atoms with van der Waals surface area (Å²) >= 11 is 0. The lowest BCUT2D eigenvalue weighted by molar-refractivity contribution is -0.142. The molecule has 0 aliphatic heterocycles. The minimum absolute atomic E-state index is 0.183. The quantitative estimate of drug-likeness (QED) is 0.306. The summed E-state index contributed by atoms with van der Waals surface area (Å²) in [4.78, 5) is 45.1. The lowest BCUT2D eigenvalue weighted by atomic mass is 10.0. The van der Waals surface area contributed by atoms with Gasteiger partial charge in [0.15, 0.2) is 0 Å². The van der Waals surface area contributed by atoms with E-state index in [2.05, 4.69) is 15.4 Å². The fourth-order valence-corrected chi connectivity index (χ4v) is 1.57. The molecule has 0 rings (SSSR count). The van der Waals surface area contributed by atoms with Crippen LogP contribution in [-0.2, 0) is 23.9 Å². The molecule has 2 atom stereocenters. The molecule has 2 amide bonds. The Morgan fingerprint density at radius 3 is 2.30 bits per heavy atom. The van der Waals surface area contributed by atoms with E-state index >= 15 is 0 Å². The van der Waals surface area contributed by atoms with Crippen LogP contribution in [0.5, 0.6) is 0 Å². The Hall–Kier alpha value is -2.42. The predicted octanol–water partition coefficient (Wildman–Crippen LogP) is -1.23. The van der Waals surface area contributed by atoms with Crippen LogP contribution in [0.1, 0.15) is 20.3 Å². The summed E-state index contributed by atoms with van der Waals surface area (Å²) in [6.07, 6.45) is 2.20. The molecule has 23 heavy (non-hydrogen) atoms. The van der Waals surface area contributed by atoms with Crippen LogP contribution in [0, 0.1) is 5.92 Å². The molecule has 0 radical (unpaired) electrons. The van der Waals surface area contributed by atoms with Gasteiger partial charge in [-0.3, -0.25) is 9.59 Å². The molecule has 0 aromatic heterocycles. The maximum Gasteiger partial charge on any atom is 0.330 e. The standard InChI is InChI=1S/C14H23N3O6/c1-8(2)6-9(15)13(20)17-10(14(21)22)7-16-11(18)4-5-12(19)23-3/h4-5,8-10H,6-7,15H2,1-3H3,(H,16,18)(H,17,20)(H,21,22)/b5-4+/t9-,10+/m1/s1. The molecule has 0 aromatic carbocycles.